The van der Waals surface area contributed by atoms with E-state index in [0.717, 1.165) is 0 Å². The van der Waals surface area contributed by atoms with Gasteiger partial charge >= 0.3 is 6.18 Å². The Kier molecular flexibility index (Phi) is 2.41. The molecule has 1 rings (SSSR count). The van der Waals surface area contributed by atoms with E-state index in [-0.39, 0.29) is 6.07 Å². The highest BCUT2D eigenvalue weighted by atomic mass is 19.4. The van der Waals surface area contributed by atoms with Crippen molar-refractivity contribution in [3.05, 3.63) is 39.7 Å². The van der Waals surface area contributed by atoms with Crippen molar-refractivity contribution in [1.82, 2.24) is 0 Å². The second-order valence-corrected chi connectivity index (χ2v) is 2.42. The van der Waals surface area contributed by atoms with E-state index in [0.29, 0.717) is 12.1 Å². The number of rotatable bonds is 1. The van der Waals surface area contributed by atoms with Gasteiger partial charge in [0.05, 0.1) is 16.6 Å². The lowest BCUT2D eigenvalue weighted by Crippen LogP contribution is -2.08. The third-order valence-corrected chi connectivity index (χ3v) is 1.47. The number of hydrogen-bond donors (Lipinski definition) is 0. The molecule has 1 aromatic carbocycles. The van der Waals surface area contributed by atoms with Gasteiger partial charge in [-0.25, -0.2) is 4.39 Å². The van der Waals surface area contributed by atoms with Crippen molar-refractivity contribution in [2.75, 3.05) is 0 Å². The lowest BCUT2D eigenvalue weighted by atomic mass is 10.2. The summed E-state index contributed by atoms with van der Waals surface area (Å²) in [4.78, 5) is 9.10. The van der Waals surface area contributed by atoms with Crippen LogP contribution in [0.2, 0.25) is 0 Å². The van der Waals surface area contributed by atoms with Gasteiger partial charge in [-0.15, -0.1) is 0 Å². The molecular formula is C7H3F4NO2. The molecule has 0 saturated heterocycles. The first kappa shape index (κ1) is 10.4. The smallest absolute Gasteiger partial charge is 0.258 e. The Bertz CT molecular complexity index is 374. The van der Waals surface area contributed by atoms with Crippen LogP contribution in [-0.2, 0) is 6.18 Å². The Balaban J connectivity index is 3.21. The molecule has 0 bridgehead atoms. The fraction of sp³-hybridized carbons (Fsp3) is 0.143. The second kappa shape index (κ2) is 3.24. The van der Waals surface area contributed by atoms with E-state index in [1.54, 1.807) is 0 Å². The highest BCUT2D eigenvalue weighted by Crippen LogP contribution is 2.32. The van der Waals surface area contributed by atoms with E-state index in [4.69, 9.17) is 0 Å². The molecule has 1 aromatic rings. The van der Waals surface area contributed by atoms with E-state index in [2.05, 4.69) is 0 Å². The first-order valence-electron chi connectivity index (χ1n) is 3.33. The van der Waals surface area contributed by atoms with Crippen molar-refractivity contribution in [1.29, 1.82) is 0 Å². The molecule has 0 radical (unpaired) electrons. The normalized spacial score (nSPS) is 11.4. The summed E-state index contributed by atoms with van der Waals surface area (Å²) in [6, 6.07) is 1.18. The third kappa shape index (κ3) is 1.98. The summed E-state index contributed by atoms with van der Waals surface area (Å²) in [5, 5.41) is 10.1. The number of nitro groups is 1. The summed E-state index contributed by atoms with van der Waals surface area (Å²) in [5.74, 6) is -1.65. The molecule has 0 aromatic heterocycles. The van der Waals surface area contributed by atoms with Gasteiger partial charge in [0.1, 0.15) is 5.82 Å². The van der Waals surface area contributed by atoms with Gasteiger partial charge < -0.3 is 0 Å². The van der Waals surface area contributed by atoms with Crippen LogP contribution in [0.3, 0.4) is 0 Å². The highest BCUT2D eigenvalue weighted by Gasteiger charge is 2.34. The summed E-state index contributed by atoms with van der Waals surface area (Å²) in [6.45, 7) is 0. The minimum atomic E-state index is -4.83. The SMILES string of the molecule is O=[N+]([O-])c1ccc(C(F)(F)F)c(F)c1. The standard InChI is InChI=1S/C7H3F4NO2/c8-6-3-4(12(13)14)1-2-5(6)7(9,10)11/h1-3H. The number of nitro benzene ring substituents is 1. The van der Waals surface area contributed by atoms with E-state index in [1.807, 2.05) is 0 Å². The molecule has 0 heterocycles. The van der Waals surface area contributed by atoms with Crippen molar-refractivity contribution >= 4 is 5.69 Å². The maximum atomic E-state index is 12.7. The molecule has 0 spiro atoms. The molecule has 0 aliphatic heterocycles. The van der Waals surface area contributed by atoms with Gasteiger partial charge in [0.25, 0.3) is 5.69 Å². The number of nitrogens with zero attached hydrogens (tertiary/aromatic N) is 1. The molecule has 0 aliphatic rings. The van der Waals surface area contributed by atoms with Crippen LogP contribution in [0.25, 0.3) is 0 Å². The van der Waals surface area contributed by atoms with Gasteiger partial charge in [0, 0.05) is 6.07 Å². The predicted octanol–water partition coefficient (Wildman–Crippen LogP) is 2.75. The number of halogens is 4. The predicted molar refractivity (Wildman–Crippen MR) is 38.1 cm³/mol. The van der Waals surface area contributed by atoms with Gasteiger partial charge in [-0.2, -0.15) is 13.2 Å². The van der Waals surface area contributed by atoms with E-state index in [9.17, 15) is 27.7 Å². The lowest BCUT2D eigenvalue weighted by molar-refractivity contribution is -0.385. The van der Waals surface area contributed by atoms with Gasteiger partial charge in [0.2, 0.25) is 0 Å². The van der Waals surface area contributed by atoms with Crippen LogP contribution in [0.15, 0.2) is 18.2 Å². The zero-order valence-corrected chi connectivity index (χ0v) is 6.51. The van der Waals surface area contributed by atoms with Crippen molar-refractivity contribution in [3.63, 3.8) is 0 Å². The fourth-order valence-electron chi connectivity index (χ4n) is 0.847. The van der Waals surface area contributed by atoms with E-state index < -0.39 is 28.2 Å². The Morgan fingerprint density at radius 2 is 1.86 bits per heavy atom. The first-order valence-corrected chi connectivity index (χ1v) is 3.33. The third-order valence-electron chi connectivity index (χ3n) is 1.47. The van der Waals surface area contributed by atoms with Crippen molar-refractivity contribution < 1.29 is 22.5 Å². The molecule has 0 saturated carbocycles. The largest absolute Gasteiger partial charge is 0.419 e. The lowest BCUT2D eigenvalue weighted by Gasteiger charge is -2.06. The molecule has 76 valence electrons. The zero-order chi connectivity index (χ0) is 10.9. The van der Waals surface area contributed by atoms with Crippen LogP contribution < -0.4 is 0 Å². The monoisotopic (exact) mass is 209 g/mol. The maximum Gasteiger partial charge on any atom is 0.419 e. The fourth-order valence-corrected chi connectivity index (χ4v) is 0.847. The summed E-state index contributed by atoms with van der Waals surface area (Å²) in [5.41, 5.74) is -2.22. The van der Waals surface area contributed by atoms with E-state index >= 15 is 0 Å². The topological polar surface area (TPSA) is 43.1 Å². The minimum Gasteiger partial charge on any atom is -0.258 e. The molecular weight excluding hydrogens is 206 g/mol. The van der Waals surface area contributed by atoms with Crippen LogP contribution in [-0.4, -0.2) is 4.92 Å². The van der Waals surface area contributed by atoms with E-state index in [1.165, 1.54) is 0 Å². The van der Waals surface area contributed by atoms with Crippen molar-refractivity contribution in [3.8, 4) is 0 Å². The zero-order valence-electron chi connectivity index (χ0n) is 6.51. The second-order valence-electron chi connectivity index (χ2n) is 2.42. The molecule has 0 amide bonds. The summed E-state index contributed by atoms with van der Waals surface area (Å²) in [6.07, 6.45) is -4.83. The van der Waals surface area contributed by atoms with Crippen LogP contribution in [0, 0.1) is 15.9 Å². The molecule has 0 aliphatic carbocycles. The van der Waals surface area contributed by atoms with Crippen molar-refractivity contribution in [2.24, 2.45) is 0 Å². The Labute approximate surface area is 75.1 Å². The minimum absolute atomic E-state index is 0.239. The average Bonchev–Trinajstić information content (AvgIpc) is 2.01. The molecule has 0 fully saturated rings. The Morgan fingerprint density at radius 1 is 1.29 bits per heavy atom. The molecule has 7 heteroatoms. The first-order chi connectivity index (χ1) is 6.32. The van der Waals surface area contributed by atoms with Gasteiger partial charge in [0.15, 0.2) is 0 Å². The number of benzene rings is 1. The number of hydrogen-bond acceptors (Lipinski definition) is 2. The van der Waals surface area contributed by atoms with Gasteiger partial charge in [-0.1, -0.05) is 0 Å². The maximum absolute atomic E-state index is 12.7. The summed E-state index contributed by atoms with van der Waals surface area (Å²) in [7, 11) is 0. The average molecular weight is 209 g/mol. The Hall–Kier alpha value is -1.66. The van der Waals surface area contributed by atoms with Gasteiger partial charge in [-0.05, 0) is 6.07 Å². The molecule has 3 nitrogen and oxygen atoms in total. The van der Waals surface area contributed by atoms with Crippen LogP contribution in [0.5, 0.6) is 0 Å². The molecule has 0 unspecified atom stereocenters. The van der Waals surface area contributed by atoms with Crippen LogP contribution in [0.1, 0.15) is 5.56 Å². The Morgan fingerprint density at radius 3 is 2.21 bits per heavy atom. The molecule has 0 atom stereocenters. The highest BCUT2D eigenvalue weighted by molar-refractivity contribution is 5.35. The summed E-state index contributed by atoms with van der Waals surface area (Å²) < 4.78 is 48.6. The molecule has 0 N–H and O–H groups in total. The number of alkyl halides is 3. The quantitative estimate of drug-likeness (QED) is 0.405. The van der Waals surface area contributed by atoms with Crippen molar-refractivity contribution in [2.45, 2.75) is 6.18 Å². The summed E-state index contributed by atoms with van der Waals surface area (Å²) >= 11 is 0. The van der Waals surface area contributed by atoms with Crippen LogP contribution >= 0.6 is 0 Å². The number of non-ortho nitro benzene ring substituents is 1. The van der Waals surface area contributed by atoms with Crippen LogP contribution in [0.4, 0.5) is 23.2 Å². The molecule has 14 heavy (non-hydrogen) atoms. The van der Waals surface area contributed by atoms with Gasteiger partial charge in [-0.3, -0.25) is 10.1 Å².